The minimum Gasteiger partial charge on any atom is -0.378 e. The van der Waals surface area contributed by atoms with E-state index >= 15 is 0 Å². The highest BCUT2D eigenvalue weighted by molar-refractivity contribution is 5.95. The molecule has 6 heteroatoms. The lowest BCUT2D eigenvalue weighted by molar-refractivity contribution is -0.119. The van der Waals surface area contributed by atoms with Crippen molar-refractivity contribution in [2.45, 2.75) is 6.54 Å². The Bertz CT molecular complexity index is 743. The molecule has 0 atom stereocenters. The van der Waals surface area contributed by atoms with Gasteiger partial charge in [-0.15, -0.1) is 0 Å². The van der Waals surface area contributed by atoms with Crippen LogP contribution < -0.4 is 10.6 Å². The minimum atomic E-state index is -0.0984. The fourth-order valence-electron chi connectivity index (χ4n) is 2.75. The lowest BCUT2D eigenvalue weighted by Crippen LogP contribution is -2.40. The first kappa shape index (κ1) is 17.9. The Morgan fingerprint density at radius 3 is 2.54 bits per heavy atom. The van der Waals surface area contributed by atoms with E-state index in [2.05, 4.69) is 10.6 Å². The molecule has 0 unspecified atom stereocenters. The lowest BCUT2D eigenvalue weighted by Gasteiger charge is -2.27. The summed E-state index contributed by atoms with van der Waals surface area (Å²) in [7, 11) is 0. The quantitative estimate of drug-likeness (QED) is 0.832. The average molecular weight is 353 g/mol. The van der Waals surface area contributed by atoms with E-state index in [1.807, 2.05) is 42.5 Å². The van der Waals surface area contributed by atoms with Crippen molar-refractivity contribution in [3.8, 4) is 0 Å². The summed E-state index contributed by atoms with van der Waals surface area (Å²) < 4.78 is 5.28. The van der Waals surface area contributed by atoms with Crippen molar-refractivity contribution in [2.24, 2.45) is 0 Å². The number of nitrogens with zero attached hydrogens (tertiary/aromatic N) is 1. The summed E-state index contributed by atoms with van der Waals surface area (Å²) in [4.78, 5) is 26.3. The third-order valence-electron chi connectivity index (χ3n) is 4.19. The molecule has 1 fully saturated rings. The van der Waals surface area contributed by atoms with Crippen LogP contribution in [0, 0.1) is 0 Å². The summed E-state index contributed by atoms with van der Waals surface area (Å²) in [5.74, 6) is -0.107. The number of hydrogen-bond donors (Lipinski definition) is 2. The SMILES string of the molecule is O=C(CNc1cccc(C(=O)N2CCOCC2)c1)NCc1ccccc1. The third-order valence-corrected chi connectivity index (χ3v) is 4.19. The molecule has 1 aliphatic heterocycles. The van der Waals surface area contributed by atoms with Crippen LogP contribution in [0.5, 0.6) is 0 Å². The molecule has 0 aliphatic carbocycles. The molecule has 0 aromatic heterocycles. The molecule has 0 bridgehead atoms. The summed E-state index contributed by atoms with van der Waals surface area (Å²) in [6.45, 7) is 3.02. The van der Waals surface area contributed by atoms with Crippen LogP contribution in [-0.4, -0.2) is 49.6 Å². The smallest absolute Gasteiger partial charge is 0.254 e. The van der Waals surface area contributed by atoms with Gasteiger partial charge in [0.15, 0.2) is 0 Å². The molecule has 6 nitrogen and oxygen atoms in total. The van der Waals surface area contributed by atoms with Gasteiger partial charge in [0.1, 0.15) is 0 Å². The predicted octanol–water partition coefficient (Wildman–Crippen LogP) is 1.89. The Morgan fingerprint density at radius 1 is 1.00 bits per heavy atom. The van der Waals surface area contributed by atoms with Crippen LogP contribution in [0.1, 0.15) is 15.9 Å². The Morgan fingerprint density at radius 2 is 1.77 bits per heavy atom. The van der Waals surface area contributed by atoms with Crippen molar-refractivity contribution in [3.05, 3.63) is 65.7 Å². The monoisotopic (exact) mass is 353 g/mol. The third kappa shape index (κ3) is 5.07. The highest BCUT2D eigenvalue weighted by atomic mass is 16.5. The average Bonchev–Trinajstić information content (AvgIpc) is 2.72. The number of amides is 2. The van der Waals surface area contributed by atoms with Gasteiger partial charge < -0.3 is 20.3 Å². The molecule has 1 aliphatic rings. The predicted molar refractivity (Wildman–Crippen MR) is 99.9 cm³/mol. The maximum absolute atomic E-state index is 12.5. The van der Waals surface area contributed by atoms with E-state index in [1.165, 1.54) is 0 Å². The van der Waals surface area contributed by atoms with Gasteiger partial charge in [-0.05, 0) is 23.8 Å². The van der Waals surface area contributed by atoms with Gasteiger partial charge in [0.2, 0.25) is 5.91 Å². The van der Waals surface area contributed by atoms with Gasteiger partial charge in [0.25, 0.3) is 5.91 Å². The number of anilines is 1. The molecule has 2 amide bonds. The molecule has 2 aromatic rings. The first-order chi connectivity index (χ1) is 12.7. The number of nitrogens with one attached hydrogen (secondary N) is 2. The van der Waals surface area contributed by atoms with Crippen LogP contribution in [0.2, 0.25) is 0 Å². The zero-order valence-electron chi connectivity index (χ0n) is 14.6. The lowest BCUT2D eigenvalue weighted by atomic mass is 10.1. The number of carbonyl (C=O) groups is 2. The van der Waals surface area contributed by atoms with Crippen molar-refractivity contribution < 1.29 is 14.3 Å². The molecule has 26 heavy (non-hydrogen) atoms. The number of benzene rings is 2. The zero-order chi connectivity index (χ0) is 18.2. The molecule has 2 N–H and O–H groups in total. The van der Waals surface area contributed by atoms with E-state index in [9.17, 15) is 9.59 Å². The van der Waals surface area contributed by atoms with Crippen LogP contribution in [0.25, 0.3) is 0 Å². The van der Waals surface area contributed by atoms with Gasteiger partial charge in [-0.1, -0.05) is 36.4 Å². The first-order valence-electron chi connectivity index (χ1n) is 8.74. The maximum atomic E-state index is 12.5. The van der Waals surface area contributed by atoms with Gasteiger partial charge in [0.05, 0.1) is 19.8 Å². The van der Waals surface area contributed by atoms with E-state index in [1.54, 1.807) is 17.0 Å². The van der Waals surface area contributed by atoms with Crippen LogP contribution in [-0.2, 0) is 16.1 Å². The largest absolute Gasteiger partial charge is 0.378 e. The zero-order valence-corrected chi connectivity index (χ0v) is 14.6. The van der Waals surface area contributed by atoms with Crippen molar-refractivity contribution in [2.75, 3.05) is 38.2 Å². The number of ether oxygens (including phenoxy) is 1. The number of carbonyl (C=O) groups excluding carboxylic acids is 2. The van der Waals surface area contributed by atoms with Gasteiger partial charge in [-0.25, -0.2) is 0 Å². The maximum Gasteiger partial charge on any atom is 0.254 e. The first-order valence-corrected chi connectivity index (χ1v) is 8.74. The van der Waals surface area contributed by atoms with Gasteiger partial charge in [-0.2, -0.15) is 0 Å². The topological polar surface area (TPSA) is 70.7 Å². The minimum absolute atomic E-state index is 0.00882. The molecule has 0 spiro atoms. The van der Waals surface area contributed by atoms with E-state index in [4.69, 9.17) is 4.74 Å². The van der Waals surface area contributed by atoms with Crippen LogP contribution in [0.4, 0.5) is 5.69 Å². The molecule has 3 rings (SSSR count). The molecule has 1 saturated heterocycles. The molecular formula is C20H23N3O3. The van der Waals surface area contributed by atoms with E-state index < -0.39 is 0 Å². The summed E-state index contributed by atoms with van der Waals surface area (Å²) in [5.41, 5.74) is 2.42. The van der Waals surface area contributed by atoms with Crippen LogP contribution in [0.15, 0.2) is 54.6 Å². The second-order valence-corrected chi connectivity index (χ2v) is 6.10. The van der Waals surface area contributed by atoms with Gasteiger partial charge in [-0.3, -0.25) is 9.59 Å². The summed E-state index contributed by atoms with van der Waals surface area (Å²) >= 11 is 0. The van der Waals surface area contributed by atoms with Gasteiger partial charge >= 0.3 is 0 Å². The van der Waals surface area contributed by atoms with Crippen molar-refractivity contribution in [3.63, 3.8) is 0 Å². The van der Waals surface area contributed by atoms with E-state index in [-0.39, 0.29) is 18.4 Å². The Hall–Kier alpha value is -2.86. The fraction of sp³-hybridized carbons (Fsp3) is 0.300. The highest BCUT2D eigenvalue weighted by Gasteiger charge is 2.18. The van der Waals surface area contributed by atoms with E-state index in [0.717, 1.165) is 11.3 Å². The summed E-state index contributed by atoms with van der Waals surface area (Å²) in [6, 6.07) is 17.0. The number of morpholine rings is 1. The molecule has 0 radical (unpaired) electrons. The molecule has 136 valence electrons. The molecular weight excluding hydrogens is 330 g/mol. The molecule has 1 heterocycles. The Kier molecular flexibility index (Phi) is 6.22. The highest BCUT2D eigenvalue weighted by Crippen LogP contribution is 2.13. The van der Waals surface area contributed by atoms with Crippen LogP contribution in [0.3, 0.4) is 0 Å². The Labute approximate surface area is 153 Å². The van der Waals surface area contributed by atoms with Crippen molar-refractivity contribution >= 4 is 17.5 Å². The molecule has 0 saturated carbocycles. The van der Waals surface area contributed by atoms with Gasteiger partial charge in [0, 0.05) is 30.9 Å². The fourth-order valence-corrected chi connectivity index (χ4v) is 2.75. The molecule has 2 aromatic carbocycles. The number of hydrogen-bond acceptors (Lipinski definition) is 4. The second-order valence-electron chi connectivity index (χ2n) is 6.10. The van der Waals surface area contributed by atoms with Crippen molar-refractivity contribution in [1.29, 1.82) is 0 Å². The summed E-state index contributed by atoms with van der Waals surface area (Å²) in [5, 5.41) is 5.94. The van der Waals surface area contributed by atoms with E-state index in [0.29, 0.717) is 38.4 Å². The standard InChI is InChI=1S/C20H23N3O3/c24-19(22-14-16-5-2-1-3-6-16)15-21-18-8-4-7-17(13-18)20(25)23-9-11-26-12-10-23/h1-8,13,21H,9-12,14-15H2,(H,22,24). The van der Waals surface area contributed by atoms with Crippen LogP contribution >= 0.6 is 0 Å². The second kappa shape index (κ2) is 9.01. The normalized spacial score (nSPS) is 13.9. The number of rotatable bonds is 6. The Balaban J connectivity index is 1.50. The van der Waals surface area contributed by atoms with Crippen molar-refractivity contribution in [1.82, 2.24) is 10.2 Å². The summed E-state index contributed by atoms with van der Waals surface area (Å²) in [6.07, 6.45) is 0.